The second-order valence-electron chi connectivity index (χ2n) is 3.38. The van der Waals surface area contributed by atoms with E-state index in [2.05, 4.69) is 15.9 Å². The molecule has 0 aliphatic carbocycles. The van der Waals surface area contributed by atoms with E-state index >= 15 is 0 Å². The zero-order chi connectivity index (χ0) is 13.3. The van der Waals surface area contributed by atoms with Crippen molar-refractivity contribution in [1.82, 2.24) is 0 Å². The molecule has 0 heterocycles. The fourth-order valence-corrected chi connectivity index (χ4v) is 1.71. The number of alkyl halides is 4. The summed E-state index contributed by atoms with van der Waals surface area (Å²) in [6, 6.07) is 4.44. The number of carboxylic acid groups (broad SMARTS) is 1. The van der Waals surface area contributed by atoms with Gasteiger partial charge < -0.3 is 5.11 Å². The van der Waals surface area contributed by atoms with Gasteiger partial charge in [-0.15, -0.1) is 0 Å². The van der Waals surface area contributed by atoms with Crippen LogP contribution >= 0.6 is 15.9 Å². The van der Waals surface area contributed by atoms with Gasteiger partial charge >= 0.3 is 12.1 Å². The lowest BCUT2D eigenvalue weighted by Gasteiger charge is -2.26. The van der Waals surface area contributed by atoms with Crippen LogP contribution in [0.15, 0.2) is 28.7 Å². The standard InChI is InChI=1S/C10H7BrF4O2/c11-7-3-1-2-6(4-7)9(12,5-8(16)17)10(13,14)15/h1-4H,5H2,(H,16,17). The van der Waals surface area contributed by atoms with Gasteiger partial charge in [0.15, 0.2) is 0 Å². The maximum absolute atomic E-state index is 13.9. The zero-order valence-electron chi connectivity index (χ0n) is 8.26. The molecule has 1 aromatic rings. The van der Waals surface area contributed by atoms with E-state index in [1.807, 2.05) is 0 Å². The van der Waals surface area contributed by atoms with Gasteiger partial charge in [0, 0.05) is 4.47 Å². The Morgan fingerprint density at radius 3 is 2.29 bits per heavy atom. The number of halogens is 5. The van der Waals surface area contributed by atoms with E-state index in [-0.39, 0.29) is 4.47 Å². The third-order valence-corrected chi connectivity index (χ3v) is 2.62. The van der Waals surface area contributed by atoms with Crippen LogP contribution in [0.1, 0.15) is 12.0 Å². The molecule has 1 unspecified atom stereocenters. The topological polar surface area (TPSA) is 37.3 Å². The van der Waals surface area contributed by atoms with Crippen LogP contribution in [-0.4, -0.2) is 17.3 Å². The highest BCUT2D eigenvalue weighted by molar-refractivity contribution is 9.10. The van der Waals surface area contributed by atoms with Crippen molar-refractivity contribution in [3.05, 3.63) is 34.3 Å². The largest absolute Gasteiger partial charge is 0.481 e. The lowest BCUT2D eigenvalue weighted by atomic mass is 9.92. The Morgan fingerprint density at radius 1 is 1.29 bits per heavy atom. The molecule has 1 aromatic carbocycles. The average Bonchev–Trinajstić information content (AvgIpc) is 2.14. The Hall–Kier alpha value is -1.11. The SMILES string of the molecule is O=C(O)CC(F)(c1cccc(Br)c1)C(F)(F)F. The highest BCUT2D eigenvalue weighted by Crippen LogP contribution is 2.45. The summed E-state index contributed by atoms with van der Waals surface area (Å²) in [5, 5.41) is 8.39. The smallest absolute Gasteiger partial charge is 0.427 e. The first kappa shape index (κ1) is 14.0. The normalized spacial score (nSPS) is 15.4. The molecule has 0 saturated carbocycles. The van der Waals surface area contributed by atoms with Gasteiger partial charge in [-0.25, -0.2) is 4.39 Å². The molecule has 7 heteroatoms. The summed E-state index contributed by atoms with van der Waals surface area (Å²) >= 11 is 2.91. The fourth-order valence-electron chi connectivity index (χ4n) is 1.31. The van der Waals surface area contributed by atoms with E-state index in [9.17, 15) is 22.4 Å². The summed E-state index contributed by atoms with van der Waals surface area (Å²) in [7, 11) is 0. The van der Waals surface area contributed by atoms with Crippen molar-refractivity contribution in [3.63, 3.8) is 0 Å². The first-order valence-electron chi connectivity index (χ1n) is 4.40. The highest BCUT2D eigenvalue weighted by Gasteiger charge is 2.58. The summed E-state index contributed by atoms with van der Waals surface area (Å²) in [5.41, 5.74) is -4.62. The minimum Gasteiger partial charge on any atom is -0.481 e. The van der Waals surface area contributed by atoms with Crippen molar-refractivity contribution in [1.29, 1.82) is 0 Å². The predicted octanol–water partition coefficient (Wildman–Crippen LogP) is 3.65. The summed E-state index contributed by atoms with van der Waals surface area (Å²) in [6.07, 6.45) is -6.95. The third kappa shape index (κ3) is 2.96. The first-order valence-corrected chi connectivity index (χ1v) is 5.19. The van der Waals surface area contributed by atoms with Gasteiger partial charge in [0.25, 0.3) is 0 Å². The van der Waals surface area contributed by atoms with Crippen LogP contribution in [0.25, 0.3) is 0 Å². The van der Waals surface area contributed by atoms with Crippen molar-refractivity contribution < 1.29 is 27.5 Å². The lowest BCUT2D eigenvalue weighted by molar-refractivity contribution is -0.239. The van der Waals surface area contributed by atoms with Gasteiger partial charge in [-0.2, -0.15) is 13.2 Å². The van der Waals surface area contributed by atoms with Crippen LogP contribution < -0.4 is 0 Å². The van der Waals surface area contributed by atoms with E-state index in [0.717, 1.165) is 12.1 Å². The number of rotatable bonds is 3. The van der Waals surface area contributed by atoms with E-state index in [1.165, 1.54) is 12.1 Å². The van der Waals surface area contributed by atoms with E-state index < -0.39 is 29.8 Å². The molecule has 0 spiro atoms. The molecule has 1 atom stereocenters. The second-order valence-corrected chi connectivity index (χ2v) is 4.30. The third-order valence-electron chi connectivity index (χ3n) is 2.13. The summed E-state index contributed by atoms with van der Waals surface area (Å²) in [6.45, 7) is 0. The summed E-state index contributed by atoms with van der Waals surface area (Å²) in [4.78, 5) is 10.4. The molecule has 2 nitrogen and oxygen atoms in total. The average molecular weight is 315 g/mol. The Balaban J connectivity index is 3.29. The van der Waals surface area contributed by atoms with Crippen molar-refractivity contribution in [2.24, 2.45) is 0 Å². The maximum atomic E-state index is 13.9. The Morgan fingerprint density at radius 2 is 1.88 bits per heavy atom. The minimum absolute atomic E-state index is 0.242. The zero-order valence-corrected chi connectivity index (χ0v) is 9.85. The van der Waals surface area contributed by atoms with Gasteiger partial charge in [0.05, 0.1) is 6.42 Å². The number of carbonyl (C=O) groups is 1. The molecule has 17 heavy (non-hydrogen) atoms. The van der Waals surface area contributed by atoms with Crippen LogP contribution in [0.2, 0.25) is 0 Å². The van der Waals surface area contributed by atoms with Crippen LogP contribution in [0, 0.1) is 0 Å². The summed E-state index contributed by atoms with van der Waals surface area (Å²) < 4.78 is 52.1. The van der Waals surface area contributed by atoms with Gasteiger partial charge in [0.2, 0.25) is 5.67 Å². The molecule has 0 radical (unpaired) electrons. The van der Waals surface area contributed by atoms with Crippen molar-refractivity contribution in [2.75, 3.05) is 0 Å². The molecular formula is C10H7BrF4O2. The molecule has 0 aliphatic rings. The number of benzene rings is 1. The number of hydrogen-bond donors (Lipinski definition) is 1. The molecule has 0 aliphatic heterocycles. The molecule has 0 amide bonds. The minimum atomic E-state index is -5.29. The Bertz CT molecular complexity index is 433. The van der Waals surface area contributed by atoms with Crippen LogP contribution in [0.4, 0.5) is 17.6 Å². The quantitative estimate of drug-likeness (QED) is 0.865. The molecule has 0 aromatic heterocycles. The molecular weight excluding hydrogens is 308 g/mol. The van der Waals surface area contributed by atoms with E-state index in [1.54, 1.807) is 0 Å². The van der Waals surface area contributed by atoms with Gasteiger partial charge in [-0.05, 0) is 17.7 Å². The molecule has 0 saturated heterocycles. The number of carboxylic acids is 1. The lowest BCUT2D eigenvalue weighted by Crippen LogP contribution is -2.40. The van der Waals surface area contributed by atoms with Crippen molar-refractivity contribution in [3.8, 4) is 0 Å². The highest BCUT2D eigenvalue weighted by atomic mass is 79.9. The molecule has 0 fully saturated rings. The van der Waals surface area contributed by atoms with E-state index in [4.69, 9.17) is 5.11 Å². The fraction of sp³-hybridized carbons (Fsp3) is 0.300. The van der Waals surface area contributed by atoms with E-state index in [0.29, 0.717) is 0 Å². The maximum Gasteiger partial charge on any atom is 0.427 e. The molecule has 1 rings (SSSR count). The summed E-state index contributed by atoms with van der Waals surface area (Å²) in [5.74, 6) is -1.86. The van der Waals surface area contributed by atoms with Gasteiger partial charge in [-0.3, -0.25) is 4.79 Å². The van der Waals surface area contributed by atoms with Gasteiger partial charge in [-0.1, -0.05) is 28.1 Å². The number of hydrogen-bond acceptors (Lipinski definition) is 1. The predicted molar refractivity (Wildman–Crippen MR) is 55.2 cm³/mol. The first-order chi connectivity index (χ1) is 7.67. The monoisotopic (exact) mass is 314 g/mol. The van der Waals surface area contributed by atoms with Crippen LogP contribution in [0.5, 0.6) is 0 Å². The molecule has 1 N–H and O–H groups in total. The van der Waals surface area contributed by atoms with Gasteiger partial charge in [0.1, 0.15) is 0 Å². The van der Waals surface area contributed by atoms with Crippen molar-refractivity contribution in [2.45, 2.75) is 18.3 Å². The van der Waals surface area contributed by atoms with Crippen molar-refractivity contribution >= 4 is 21.9 Å². The van der Waals surface area contributed by atoms with Crippen LogP contribution in [-0.2, 0) is 10.5 Å². The molecule has 0 bridgehead atoms. The van der Waals surface area contributed by atoms with Crippen LogP contribution in [0.3, 0.4) is 0 Å². The number of aliphatic carboxylic acids is 1. The Labute approximate surface area is 102 Å². The second kappa shape index (κ2) is 4.64. The Kier molecular flexibility index (Phi) is 3.81. The molecule has 94 valence electrons.